The van der Waals surface area contributed by atoms with Gasteiger partial charge in [-0.15, -0.1) is 11.8 Å². The predicted molar refractivity (Wildman–Crippen MR) is 129 cm³/mol. The molecule has 0 radical (unpaired) electrons. The maximum Gasteiger partial charge on any atom is 0.338 e. The molecule has 2 amide bonds. The lowest BCUT2D eigenvalue weighted by Gasteiger charge is -2.09. The summed E-state index contributed by atoms with van der Waals surface area (Å²) in [5.41, 5.74) is 1.45. The van der Waals surface area contributed by atoms with Crippen molar-refractivity contribution in [2.24, 2.45) is 0 Å². The fourth-order valence-electron chi connectivity index (χ4n) is 2.88. The van der Waals surface area contributed by atoms with Gasteiger partial charge in [-0.2, -0.15) is 0 Å². The first-order chi connectivity index (χ1) is 16.4. The summed E-state index contributed by atoms with van der Waals surface area (Å²) in [6.45, 7) is 2.01. The van der Waals surface area contributed by atoms with Crippen LogP contribution in [0.5, 0.6) is 0 Å². The minimum Gasteiger partial charge on any atom is -0.462 e. The molecule has 0 aliphatic heterocycles. The highest BCUT2D eigenvalue weighted by atomic mass is 32.2. The van der Waals surface area contributed by atoms with Crippen LogP contribution in [0.25, 0.3) is 0 Å². The molecule has 0 spiro atoms. The van der Waals surface area contributed by atoms with Crippen molar-refractivity contribution >= 4 is 46.6 Å². The van der Waals surface area contributed by atoms with Crippen molar-refractivity contribution in [1.82, 2.24) is 0 Å². The monoisotopic (exact) mass is 479 g/mol. The van der Waals surface area contributed by atoms with E-state index in [0.29, 0.717) is 16.9 Å². The molecule has 0 bridgehead atoms. The van der Waals surface area contributed by atoms with E-state index in [-0.39, 0.29) is 29.5 Å². The SMILES string of the molecule is CCOC(=O)c1ccc(NC(=O)CSc2cccc(NC(=O)c3cccc([N+](=O)[O-])c3)c2)cc1. The van der Waals surface area contributed by atoms with Crippen LogP contribution in [0.15, 0.2) is 77.7 Å². The molecule has 2 N–H and O–H groups in total. The van der Waals surface area contributed by atoms with Crippen LogP contribution in [0.2, 0.25) is 0 Å². The van der Waals surface area contributed by atoms with Crippen molar-refractivity contribution in [2.45, 2.75) is 11.8 Å². The number of esters is 1. The summed E-state index contributed by atoms with van der Waals surface area (Å²) in [6.07, 6.45) is 0. The topological polar surface area (TPSA) is 128 Å². The molecule has 34 heavy (non-hydrogen) atoms. The fraction of sp³-hybridized carbons (Fsp3) is 0.125. The molecule has 0 unspecified atom stereocenters. The molecule has 0 saturated heterocycles. The van der Waals surface area contributed by atoms with E-state index in [1.807, 2.05) is 0 Å². The summed E-state index contributed by atoms with van der Waals surface area (Å²) in [6, 6.07) is 18.8. The Morgan fingerprint density at radius 1 is 0.912 bits per heavy atom. The van der Waals surface area contributed by atoms with Gasteiger partial charge in [0.25, 0.3) is 11.6 Å². The van der Waals surface area contributed by atoms with Crippen molar-refractivity contribution in [2.75, 3.05) is 23.0 Å². The van der Waals surface area contributed by atoms with Crippen molar-refractivity contribution in [1.29, 1.82) is 0 Å². The third kappa shape index (κ3) is 6.91. The van der Waals surface area contributed by atoms with E-state index in [9.17, 15) is 24.5 Å². The van der Waals surface area contributed by atoms with Crippen LogP contribution in [-0.2, 0) is 9.53 Å². The summed E-state index contributed by atoms with van der Waals surface area (Å²) >= 11 is 1.28. The number of nitrogens with zero attached hydrogens (tertiary/aromatic N) is 1. The van der Waals surface area contributed by atoms with Crippen molar-refractivity contribution < 1.29 is 24.0 Å². The Hall–Kier alpha value is -4.18. The largest absolute Gasteiger partial charge is 0.462 e. The van der Waals surface area contributed by atoms with Crippen LogP contribution in [0, 0.1) is 10.1 Å². The van der Waals surface area contributed by atoms with E-state index < -0.39 is 16.8 Å². The third-order valence-electron chi connectivity index (χ3n) is 4.46. The van der Waals surface area contributed by atoms with Crippen LogP contribution in [0.3, 0.4) is 0 Å². The zero-order valence-electron chi connectivity index (χ0n) is 18.1. The number of benzene rings is 3. The smallest absolute Gasteiger partial charge is 0.338 e. The fourth-order valence-corrected chi connectivity index (χ4v) is 3.63. The average molecular weight is 480 g/mol. The quantitative estimate of drug-likeness (QED) is 0.196. The van der Waals surface area contributed by atoms with E-state index >= 15 is 0 Å². The number of carbonyl (C=O) groups excluding carboxylic acids is 3. The number of ether oxygens (including phenoxy) is 1. The number of nitro groups is 1. The van der Waals surface area contributed by atoms with Gasteiger partial charge in [0.15, 0.2) is 0 Å². The molecular weight excluding hydrogens is 458 g/mol. The van der Waals surface area contributed by atoms with Gasteiger partial charge in [0.05, 0.1) is 22.8 Å². The number of carbonyl (C=O) groups is 3. The zero-order valence-corrected chi connectivity index (χ0v) is 19.0. The number of rotatable bonds is 9. The number of non-ortho nitro benzene ring substituents is 1. The Kier molecular flexibility index (Phi) is 8.36. The third-order valence-corrected chi connectivity index (χ3v) is 5.45. The molecule has 0 aromatic heterocycles. The molecule has 3 aromatic carbocycles. The average Bonchev–Trinajstić information content (AvgIpc) is 2.83. The van der Waals surface area contributed by atoms with Gasteiger partial charge in [0, 0.05) is 34.0 Å². The molecule has 10 heteroatoms. The molecule has 0 atom stereocenters. The second-order valence-electron chi connectivity index (χ2n) is 6.92. The standard InChI is InChI=1S/C24H21N3O6S/c1-2-33-24(30)16-9-11-18(12-10-16)25-22(28)15-34-21-8-4-6-19(14-21)26-23(29)17-5-3-7-20(13-17)27(31)32/h3-14H,2,15H2,1H3,(H,25,28)(H,26,29). The van der Waals surface area contributed by atoms with Crippen LogP contribution < -0.4 is 10.6 Å². The Morgan fingerprint density at radius 3 is 2.35 bits per heavy atom. The highest BCUT2D eigenvalue weighted by Crippen LogP contribution is 2.23. The Labute approximate surface area is 199 Å². The van der Waals surface area contributed by atoms with Crippen molar-refractivity contribution in [3.63, 3.8) is 0 Å². The van der Waals surface area contributed by atoms with Gasteiger partial charge in [-0.3, -0.25) is 19.7 Å². The number of thioether (sulfide) groups is 1. The molecular formula is C24H21N3O6S. The number of nitro benzene ring substituents is 1. The number of nitrogens with one attached hydrogen (secondary N) is 2. The van der Waals surface area contributed by atoms with Gasteiger partial charge in [0.2, 0.25) is 5.91 Å². The lowest BCUT2D eigenvalue weighted by atomic mass is 10.2. The number of anilines is 2. The van der Waals surface area contributed by atoms with E-state index in [4.69, 9.17) is 4.74 Å². The Bertz CT molecular complexity index is 1210. The lowest BCUT2D eigenvalue weighted by Crippen LogP contribution is -2.14. The van der Waals surface area contributed by atoms with Gasteiger partial charge in [-0.25, -0.2) is 4.79 Å². The number of amides is 2. The number of hydrogen-bond acceptors (Lipinski definition) is 7. The van der Waals surface area contributed by atoms with E-state index in [1.54, 1.807) is 55.5 Å². The molecule has 174 valence electrons. The molecule has 0 heterocycles. The van der Waals surface area contributed by atoms with Crippen LogP contribution >= 0.6 is 11.8 Å². The minimum atomic E-state index is -0.562. The highest BCUT2D eigenvalue weighted by molar-refractivity contribution is 8.00. The predicted octanol–water partition coefficient (Wildman–Crippen LogP) is 4.75. The molecule has 0 saturated carbocycles. The van der Waals surface area contributed by atoms with Crippen LogP contribution in [0.1, 0.15) is 27.6 Å². The zero-order chi connectivity index (χ0) is 24.5. The normalized spacial score (nSPS) is 10.3. The van der Waals surface area contributed by atoms with Gasteiger partial charge < -0.3 is 15.4 Å². The van der Waals surface area contributed by atoms with Crippen LogP contribution in [-0.4, -0.2) is 35.1 Å². The van der Waals surface area contributed by atoms with Gasteiger partial charge in [0.1, 0.15) is 0 Å². The highest BCUT2D eigenvalue weighted by Gasteiger charge is 2.12. The Morgan fingerprint density at radius 2 is 1.65 bits per heavy atom. The molecule has 9 nitrogen and oxygen atoms in total. The number of hydrogen-bond donors (Lipinski definition) is 2. The molecule has 0 aliphatic rings. The van der Waals surface area contributed by atoms with Gasteiger partial charge in [-0.1, -0.05) is 12.1 Å². The maximum atomic E-state index is 12.4. The minimum absolute atomic E-state index is 0.127. The second-order valence-corrected chi connectivity index (χ2v) is 7.97. The summed E-state index contributed by atoms with van der Waals surface area (Å²) in [4.78, 5) is 47.5. The van der Waals surface area contributed by atoms with Crippen molar-refractivity contribution in [3.8, 4) is 0 Å². The van der Waals surface area contributed by atoms with E-state index in [2.05, 4.69) is 10.6 Å². The lowest BCUT2D eigenvalue weighted by molar-refractivity contribution is -0.384. The maximum absolute atomic E-state index is 12.4. The summed E-state index contributed by atoms with van der Waals surface area (Å²) in [7, 11) is 0. The summed E-state index contributed by atoms with van der Waals surface area (Å²) in [5.74, 6) is -1.01. The Balaban J connectivity index is 1.54. The van der Waals surface area contributed by atoms with Gasteiger partial charge in [-0.05, 0) is 55.5 Å². The van der Waals surface area contributed by atoms with E-state index in [1.165, 1.54) is 36.0 Å². The second kappa shape index (κ2) is 11.6. The first kappa shape index (κ1) is 24.5. The van der Waals surface area contributed by atoms with Gasteiger partial charge >= 0.3 is 5.97 Å². The van der Waals surface area contributed by atoms with Crippen molar-refractivity contribution in [3.05, 3.63) is 94.0 Å². The molecule has 0 aliphatic carbocycles. The summed E-state index contributed by atoms with van der Waals surface area (Å²) < 4.78 is 4.93. The summed E-state index contributed by atoms with van der Waals surface area (Å²) in [5, 5.41) is 16.4. The molecule has 3 aromatic rings. The van der Waals surface area contributed by atoms with Crippen LogP contribution in [0.4, 0.5) is 17.1 Å². The van der Waals surface area contributed by atoms with E-state index in [0.717, 1.165) is 4.90 Å². The first-order valence-electron chi connectivity index (χ1n) is 10.2. The molecule has 0 fully saturated rings. The first-order valence-corrected chi connectivity index (χ1v) is 11.2. The molecule has 3 rings (SSSR count).